The number of aliphatic hydroxyl groups excluding tert-OH is 1. The molecule has 0 heterocycles. The van der Waals surface area contributed by atoms with Crippen LogP contribution in [0.15, 0.2) is 42.5 Å². The molecule has 0 saturated heterocycles. The van der Waals surface area contributed by atoms with Gasteiger partial charge in [-0.15, -0.1) is 0 Å². The third kappa shape index (κ3) is 3.45. The maximum absolute atomic E-state index is 10.6. The van der Waals surface area contributed by atoms with Crippen molar-refractivity contribution < 1.29 is 9.84 Å². The average Bonchev–Trinajstić information content (AvgIpc) is 2.47. The summed E-state index contributed by atoms with van der Waals surface area (Å²) in [7, 11) is 0. The topological polar surface area (TPSA) is 29.5 Å². The van der Waals surface area contributed by atoms with Crippen molar-refractivity contribution in [3.8, 4) is 5.75 Å². The lowest BCUT2D eigenvalue weighted by atomic mass is 10.0. The standard InChI is InChI=1S/C16H16Cl2O2/c1-2-9-20-15-6-4-3-5-12(15)16(19)13-10-11(17)7-8-14(13)18/h3-8,10,16,19H,2,9H2,1H3. The maximum atomic E-state index is 10.6. The number of para-hydroxylation sites is 1. The first-order chi connectivity index (χ1) is 9.63. The first-order valence-electron chi connectivity index (χ1n) is 6.48. The summed E-state index contributed by atoms with van der Waals surface area (Å²) in [6.45, 7) is 2.64. The molecule has 0 aliphatic heterocycles. The molecule has 1 unspecified atom stereocenters. The van der Waals surface area contributed by atoms with E-state index in [1.807, 2.05) is 31.2 Å². The van der Waals surface area contributed by atoms with Gasteiger partial charge in [-0.3, -0.25) is 0 Å². The fourth-order valence-electron chi connectivity index (χ4n) is 1.94. The highest BCUT2D eigenvalue weighted by Crippen LogP contribution is 2.34. The van der Waals surface area contributed by atoms with Gasteiger partial charge in [0.1, 0.15) is 11.9 Å². The van der Waals surface area contributed by atoms with Crippen molar-refractivity contribution in [3.05, 3.63) is 63.6 Å². The van der Waals surface area contributed by atoms with Crippen LogP contribution in [0.2, 0.25) is 10.0 Å². The minimum absolute atomic E-state index is 0.479. The molecule has 2 nitrogen and oxygen atoms in total. The highest BCUT2D eigenvalue weighted by atomic mass is 35.5. The van der Waals surface area contributed by atoms with Crippen LogP contribution < -0.4 is 4.74 Å². The third-order valence-electron chi connectivity index (χ3n) is 2.93. The SMILES string of the molecule is CCCOc1ccccc1C(O)c1cc(Cl)ccc1Cl. The molecule has 2 rings (SSSR count). The van der Waals surface area contributed by atoms with Gasteiger partial charge in [-0.2, -0.15) is 0 Å². The fourth-order valence-corrected chi connectivity index (χ4v) is 2.34. The molecule has 0 aromatic heterocycles. The van der Waals surface area contributed by atoms with E-state index in [2.05, 4.69) is 0 Å². The summed E-state index contributed by atoms with van der Waals surface area (Å²) >= 11 is 12.1. The van der Waals surface area contributed by atoms with Gasteiger partial charge in [0.05, 0.1) is 6.61 Å². The van der Waals surface area contributed by atoms with E-state index < -0.39 is 6.10 Å². The van der Waals surface area contributed by atoms with E-state index in [1.165, 1.54) is 0 Å². The molecule has 0 radical (unpaired) electrons. The molecule has 0 aliphatic rings. The molecule has 0 amide bonds. The number of halogens is 2. The molecule has 0 fully saturated rings. The van der Waals surface area contributed by atoms with E-state index in [0.29, 0.717) is 33.5 Å². The summed E-state index contributed by atoms with van der Waals surface area (Å²) in [6, 6.07) is 12.4. The Labute approximate surface area is 128 Å². The van der Waals surface area contributed by atoms with Crippen molar-refractivity contribution in [1.29, 1.82) is 0 Å². The Bertz CT molecular complexity index is 584. The summed E-state index contributed by atoms with van der Waals surface area (Å²) in [5.74, 6) is 0.665. The maximum Gasteiger partial charge on any atom is 0.125 e. The average molecular weight is 311 g/mol. The molecule has 1 atom stereocenters. The Morgan fingerprint density at radius 2 is 1.85 bits per heavy atom. The predicted octanol–water partition coefficient (Wildman–Crippen LogP) is 4.86. The lowest BCUT2D eigenvalue weighted by Crippen LogP contribution is -2.05. The van der Waals surface area contributed by atoms with Crippen LogP contribution in [0.1, 0.15) is 30.6 Å². The molecular formula is C16H16Cl2O2. The van der Waals surface area contributed by atoms with E-state index in [4.69, 9.17) is 27.9 Å². The number of ether oxygens (including phenoxy) is 1. The molecule has 4 heteroatoms. The van der Waals surface area contributed by atoms with Gasteiger partial charge in [0.15, 0.2) is 0 Å². The zero-order chi connectivity index (χ0) is 14.5. The summed E-state index contributed by atoms with van der Waals surface area (Å²) in [4.78, 5) is 0. The Balaban J connectivity index is 2.37. The number of hydrogen-bond acceptors (Lipinski definition) is 2. The normalized spacial score (nSPS) is 12.2. The van der Waals surface area contributed by atoms with Gasteiger partial charge in [-0.05, 0) is 30.7 Å². The van der Waals surface area contributed by atoms with Crippen LogP contribution in [-0.2, 0) is 0 Å². The number of rotatable bonds is 5. The van der Waals surface area contributed by atoms with Crippen molar-refractivity contribution >= 4 is 23.2 Å². The molecule has 2 aromatic rings. The van der Waals surface area contributed by atoms with Gasteiger partial charge in [0.2, 0.25) is 0 Å². The molecule has 20 heavy (non-hydrogen) atoms. The lowest BCUT2D eigenvalue weighted by molar-refractivity contribution is 0.210. The summed E-state index contributed by atoms with van der Waals surface area (Å²) in [5, 5.41) is 11.6. The molecule has 0 spiro atoms. The van der Waals surface area contributed by atoms with E-state index in [9.17, 15) is 5.11 Å². The second-order valence-corrected chi connectivity index (χ2v) is 5.30. The van der Waals surface area contributed by atoms with Crippen molar-refractivity contribution in [2.75, 3.05) is 6.61 Å². The summed E-state index contributed by atoms with van der Waals surface area (Å²) < 4.78 is 5.66. The first kappa shape index (κ1) is 15.2. The highest BCUT2D eigenvalue weighted by molar-refractivity contribution is 6.33. The van der Waals surface area contributed by atoms with Crippen molar-refractivity contribution in [2.45, 2.75) is 19.4 Å². The smallest absolute Gasteiger partial charge is 0.125 e. The van der Waals surface area contributed by atoms with Crippen LogP contribution in [0.4, 0.5) is 0 Å². The minimum atomic E-state index is -0.866. The molecule has 1 N–H and O–H groups in total. The van der Waals surface area contributed by atoms with Gasteiger partial charge in [0, 0.05) is 21.2 Å². The van der Waals surface area contributed by atoms with Gasteiger partial charge >= 0.3 is 0 Å². The van der Waals surface area contributed by atoms with Crippen LogP contribution >= 0.6 is 23.2 Å². The Hall–Kier alpha value is -1.22. The molecule has 106 valence electrons. The molecule has 0 bridgehead atoms. The first-order valence-corrected chi connectivity index (χ1v) is 7.23. The third-order valence-corrected chi connectivity index (χ3v) is 3.51. The monoisotopic (exact) mass is 310 g/mol. The van der Waals surface area contributed by atoms with Gasteiger partial charge in [-0.25, -0.2) is 0 Å². The number of aliphatic hydroxyl groups is 1. The number of benzene rings is 2. The van der Waals surface area contributed by atoms with E-state index >= 15 is 0 Å². The van der Waals surface area contributed by atoms with Crippen LogP contribution in [-0.4, -0.2) is 11.7 Å². The zero-order valence-electron chi connectivity index (χ0n) is 11.1. The molecular weight excluding hydrogens is 295 g/mol. The van der Waals surface area contributed by atoms with Crippen molar-refractivity contribution in [3.63, 3.8) is 0 Å². The van der Waals surface area contributed by atoms with Gasteiger partial charge in [-0.1, -0.05) is 48.3 Å². The summed E-state index contributed by atoms with van der Waals surface area (Å²) in [6.07, 6.45) is 0.0387. The fraction of sp³-hybridized carbons (Fsp3) is 0.250. The lowest BCUT2D eigenvalue weighted by Gasteiger charge is -2.17. The predicted molar refractivity (Wildman–Crippen MR) is 82.8 cm³/mol. The highest BCUT2D eigenvalue weighted by Gasteiger charge is 2.18. The van der Waals surface area contributed by atoms with Crippen LogP contribution in [0.3, 0.4) is 0 Å². The minimum Gasteiger partial charge on any atom is -0.493 e. The van der Waals surface area contributed by atoms with Crippen LogP contribution in [0, 0.1) is 0 Å². The van der Waals surface area contributed by atoms with Crippen molar-refractivity contribution in [1.82, 2.24) is 0 Å². The Kier molecular flexibility index (Phi) is 5.30. The zero-order valence-corrected chi connectivity index (χ0v) is 12.7. The molecule has 0 saturated carbocycles. The van der Waals surface area contributed by atoms with E-state index in [0.717, 1.165) is 6.42 Å². The Morgan fingerprint density at radius 1 is 1.10 bits per heavy atom. The molecule has 2 aromatic carbocycles. The number of hydrogen-bond donors (Lipinski definition) is 1. The largest absolute Gasteiger partial charge is 0.493 e. The Morgan fingerprint density at radius 3 is 2.60 bits per heavy atom. The second kappa shape index (κ2) is 6.98. The molecule has 0 aliphatic carbocycles. The van der Waals surface area contributed by atoms with Gasteiger partial charge < -0.3 is 9.84 Å². The quantitative estimate of drug-likeness (QED) is 0.854. The van der Waals surface area contributed by atoms with E-state index in [-0.39, 0.29) is 0 Å². The van der Waals surface area contributed by atoms with Crippen molar-refractivity contribution in [2.24, 2.45) is 0 Å². The van der Waals surface area contributed by atoms with Gasteiger partial charge in [0.25, 0.3) is 0 Å². The second-order valence-electron chi connectivity index (χ2n) is 4.45. The van der Waals surface area contributed by atoms with Crippen LogP contribution in [0.25, 0.3) is 0 Å². The van der Waals surface area contributed by atoms with E-state index in [1.54, 1.807) is 18.2 Å². The summed E-state index contributed by atoms with van der Waals surface area (Å²) in [5.41, 5.74) is 1.26. The van der Waals surface area contributed by atoms with Crippen LogP contribution in [0.5, 0.6) is 5.75 Å².